The molecule has 122 valence electrons. The largest absolute Gasteiger partial charge is 0.361 e. The summed E-state index contributed by atoms with van der Waals surface area (Å²) in [5, 5.41) is 7.40. The first kappa shape index (κ1) is 15.5. The number of hydrogen-bond donors (Lipinski definition) is 1. The van der Waals surface area contributed by atoms with E-state index in [1.54, 1.807) is 10.9 Å². The van der Waals surface area contributed by atoms with Gasteiger partial charge >= 0.3 is 0 Å². The zero-order valence-electron chi connectivity index (χ0n) is 13.8. The van der Waals surface area contributed by atoms with E-state index in [4.69, 9.17) is 0 Å². The van der Waals surface area contributed by atoms with Gasteiger partial charge in [-0.2, -0.15) is 5.10 Å². The Bertz CT molecular complexity index is 685. The Balaban J connectivity index is 1.72. The lowest BCUT2D eigenvalue weighted by atomic mass is 10.0. The lowest BCUT2D eigenvalue weighted by Gasteiger charge is -2.10. The molecule has 1 aliphatic carbocycles. The van der Waals surface area contributed by atoms with Crippen molar-refractivity contribution >= 4 is 17.5 Å². The van der Waals surface area contributed by atoms with E-state index in [9.17, 15) is 4.79 Å². The molecule has 1 amide bonds. The molecule has 0 unspecified atom stereocenters. The smallest absolute Gasteiger partial charge is 0.277 e. The first-order valence-corrected chi connectivity index (χ1v) is 7.89. The molecule has 0 spiro atoms. The number of nitrogens with zero attached hydrogens (tertiary/aromatic N) is 5. The van der Waals surface area contributed by atoms with Crippen molar-refractivity contribution in [2.24, 2.45) is 7.05 Å². The van der Waals surface area contributed by atoms with Crippen LogP contribution in [0.5, 0.6) is 0 Å². The first-order chi connectivity index (χ1) is 11.0. The minimum atomic E-state index is -0.274. The highest BCUT2D eigenvalue weighted by Crippen LogP contribution is 2.34. The molecule has 23 heavy (non-hydrogen) atoms. The molecule has 7 heteroatoms. The van der Waals surface area contributed by atoms with Crippen LogP contribution in [-0.4, -0.2) is 39.8 Å². The first-order valence-electron chi connectivity index (χ1n) is 7.89. The highest BCUT2D eigenvalue weighted by Gasteiger charge is 2.21. The third-order valence-corrected chi connectivity index (χ3v) is 4.24. The molecule has 1 fully saturated rings. The molecule has 1 aliphatic rings. The van der Waals surface area contributed by atoms with Crippen LogP contribution in [0.1, 0.15) is 47.8 Å². The molecule has 1 N–H and O–H groups in total. The third-order valence-electron chi connectivity index (χ3n) is 4.24. The third kappa shape index (κ3) is 3.33. The SMILES string of the molecule is CN(C)c1cnc(C(=O)Nc2cc(C3CCCC3)nn2C)cn1. The number of amides is 1. The Morgan fingerprint density at radius 2 is 2.00 bits per heavy atom. The standard InChI is InChI=1S/C16H22N6O/c1-21(2)15-10-17-13(9-18-15)16(23)19-14-8-12(20-22(14)3)11-6-4-5-7-11/h8-11H,4-7H2,1-3H3,(H,19,23). The van der Waals surface area contributed by atoms with Crippen molar-refractivity contribution in [1.29, 1.82) is 0 Å². The minimum absolute atomic E-state index is 0.274. The molecule has 2 aromatic rings. The lowest BCUT2D eigenvalue weighted by Crippen LogP contribution is -2.17. The van der Waals surface area contributed by atoms with Crippen molar-refractivity contribution in [3.05, 3.63) is 29.8 Å². The van der Waals surface area contributed by atoms with Gasteiger partial charge in [-0.25, -0.2) is 9.97 Å². The summed E-state index contributed by atoms with van der Waals surface area (Å²) in [5.41, 5.74) is 1.36. The molecule has 0 radical (unpaired) electrons. The van der Waals surface area contributed by atoms with E-state index in [1.807, 2.05) is 32.1 Å². The fourth-order valence-electron chi connectivity index (χ4n) is 2.88. The van der Waals surface area contributed by atoms with Crippen molar-refractivity contribution in [2.75, 3.05) is 24.3 Å². The van der Waals surface area contributed by atoms with Gasteiger partial charge in [0, 0.05) is 33.1 Å². The van der Waals surface area contributed by atoms with Crippen molar-refractivity contribution < 1.29 is 4.79 Å². The number of anilines is 2. The molecule has 1 saturated carbocycles. The molecule has 2 heterocycles. The predicted molar refractivity (Wildman–Crippen MR) is 88.7 cm³/mol. The minimum Gasteiger partial charge on any atom is -0.361 e. The second-order valence-corrected chi connectivity index (χ2v) is 6.17. The summed E-state index contributed by atoms with van der Waals surface area (Å²) in [6, 6.07) is 1.97. The highest BCUT2D eigenvalue weighted by atomic mass is 16.2. The van der Waals surface area contributed by atoms with Gasteiger partial charge in [-0.15, -0.1) is 0 Å². The van der Waals surface area contributed by atoms with Crippen molar-refractivity contribution in [2.45, 2.75) is 31.6 Å². The van der Waals surface area contributed by atoms with Crippen LogP contribution in [0, 0.1) is 0 Å². The molecule has 7 nitrogen and oxygen atoms in total. The molecular formula is C16H22N6O. The Labute approximate surface area is 135 Å². The monoisotopic (exact) mass is 314 g/mol. The molecule has 0 atom stereocenters. The lowest BCUT2D eigenvalue weighted by molar-refractivity contribution is 0.102. The number of rotatable bonds is 4. The van der Waals surface area contributed by atoms with Crippen molar-refractivity contribution in [3.63, 3.8) is 0 Å². The summed E-state index contributed by atoms with van der Waals surface area (Å²) in [4.78, 5) is 22.5. The van der Waals surface area contributed by atoms with Crippen LogP contribution in [0.4, 0.5) is 11.6 Å². The normalized spacial score (nSPS) is 14.9. The van der Waals surface area contributed by atoms with E-state index in [1.165, 1.54) is 31.9 Å². The van der Waals surface area contributed by atoms with Gasteiger partial charge in [0.25, 0.3) is 5.91 Å². The fourth-order valence-corrected chi connectivity index (χ4v) is 2.88. The number of carbonyl (C=O) groups is 1. The summed E-state index contributed by atoms with van der Waals surface area (Å²) < 4.78 is 1.72. The van der Waals surface area contributed by atoms with Gasteiger partial charge in [-0.3, -0.25) is 9.48 Å². The van der Waals surface area contributed by atoms with Crippen LogP contribution >= 0.6 is 0 Å². The zero-order chi connectivity index (χ0) is 16.4. The average Bonchev–Trinajstić information content (AvgIpc) is 3.18. The zero-order valence-corrected chi connectivity index (χ0v) is 13.8. The maximum atomic E-state index is 12.3. The van der Waals surface area contributed by atoms with E-state index in [-0.39, 0.29) is 5.91 Å². The average molecular weight is 314 g/mol. The van der Waals surface area contributed by atoms with E-state index < -0.39 is 0 Å². The maximum absolute atomic E-state index is 12.3. The number of aryl methyl sites for hydroxylation is 1. The topological polar surface area (TPSA) is 75.9 Å². The molecular weight excluding hydrogens is 292 g/mol. The molecule has 3 rings (SSSR count). The van der Waals surface area contributed by atoms with E-state index in [0.717, 1.165) is 5.69 Å². The van der Waals surface area contributed by atoms with Gasteiger partial charge < -0.3 is 10.2 Å². The molecule has 0 bridgehead atoms. The summed E-state index contributed by atoms with van der Waals surface area (Å²) in [6.07, 6.45) is 7.96. The maximum Gasteiger partial charge on any atom is 0.277 e. The molecule has 0 aromatic carbocycles. The molecule has 0 saturated heterocycles. The molecule has 2 aromatic heterocycles. The van der Waals surface area contributed by atoms with Gasteiger partial charge in [0.2, 0.25) is 0 Å². The van der Waals surface area contributed by atoms with Gasteiger partial charge in [0.1, 0.15) is 17.3 Å². The summed E-state index contributed by atoms with van der Waals surface area (Å²) in [6.45, 7) is 0. The number of nitrogens with one attached hydrogen (secondary N) is 1. The van der Waals surface area contributed by atoms with E-state index in [2.05, 4.69) is 20.4 Å². The number of carbonyl (C=O) groups excluding carboxylic acids is 1. The number of hydrogen-bond acceptors (Lipinski definition) is 5. The number of aromatic nitrogens is 4. The van der Waals surface area contributed by atoms with Gasteiger partial charge in [-0.05, 0) is 12.8 Å². The van der Waals surface area contributed by atoms with Crippen molar-refractivity contribution in [3.8, 4) is 0 Å². The van der Waals surface area contributed by atoms with Gasteiger partial charge in [-0.1, -0.05) is 12.8 Å². The Kier molecular flexibility index (Phi) is 4.27. The van der Waals surface area contributed by atoms with Crippen LogP contribution in [-0.2, 0) is 7.05 Å². The second kappa shape index (κ2) is 6.36. The summed E-state index contributed by atoms with van der Waals surface area (Å²) >= 11 is 0. The van der Waals surface area contributed by atoms with Gasteiger partial charge in [0.05, 0.1) is 18.1 Å². The quantitative estimate of drug-likeness (QED) is 0.936. The second-order valence-electron chi connectivity index (χ2n) is 6.17. The van der Waals surface area contributed by atoms with Gasteiger partial charge in [0.15, 0.2) is 0 Å². The summed E-state index contributed by atoms with van der Waals surface area (Å²) in [5.74, 6) is 1.65. The Morgan fingerprint density at radius 1 is 1.26 bits per heavy atom. The predicted octanol–water partition coefficient (Wildman–Crippen LogP) is 2.19. The van der Waals surface area contributed by atoms with E-state index >= 15 is 0 Å². The van der Waals surface area contributed by atoms with Crippen LogP contribution in [0.2, 0.25) is 0 Å². The Hall–Kier alpha value is -2.44. The van der Waals surface area contributed by atoms with E-state index in [0.29, 0.717) is 23.2 Å². The van der Waals surface area contributed by atoms with Crippen LogP contribution in [0.15, 0.2) is 18.5 Å². The van der Waals surface area contributed by atoms with Crippen LogP contribution in [0.25, 0.3) is 0 Å². The summed E-state index contributed by atoms with van der Waals surface area (Å²) in [7, 11) is 5.60. The highest BCUT2D eigenvalue weighted by molar-refractivity contribution is 6.02. The van der Waals surface area contributed by atoms with Crippen LogP contribution in [0.3, 0.4) is 0 Å². The van der Waals surface area contributed by atoms with Crippen molar-refractivity contribution in [1.82, 2.24) is 19.7 Å². The van der Waals surface area contributed by atoms with Crippen LogP contribution < -0.4 is 10.2 Å². The molecule has 0 aliphatic heterocycles. The fraction of sp³-hybridized carbons (Fsp3) is 0.500. The Morgan fingerprint density at radius 3 is 2.61 bits per heavy atom.